The van der Waals surface area contributed by atoms with Crippen LogP contribution in [-0.4, -0.2) is 4.83 Å². The fourth-order valence-corrected chi connectivity index (χ4v) is 0.861. The molecule has 0 fully saturated rings. The van der Waals surface area contributed by atoms with Crippen LogP contribution in [0, 0.1) is 5.41 Å². The highest BCUT2D eigenvalue weighted by Gasteiger charge is 2.10. The summed E-state index contributed by atoms with van der Waals surface area (Å²) in [5.41, 5.74) is 0.502. The minimum absolute atomic E-state index is 0.502. The summed E-state index contributed by atoms with van der Waals surface area (Å²) >= 11 is 3.53. The fourth-order valence-electron chi connectivity index (χ4n) is 0.632. The van der Waals surface area contributed by atoms with Crippen molar-refractivity contribution in [1.82, 2.24) is 0 Å². The first-order chi connectivity index (χ1) is 3.92. The monoisotopic (exact) mass is 192 g/mol. The van der Waals surface area contributed by atoms with Crippen LogP contribution in [0.5, 0.6) is 0 Å². The zero-order valence-corrected chi connectivity index (χ0v) is 8.46. The predicted molar refractivity (Wildman–Crippen MR) is 47.1 cm³/mol. The van der Waals surface area contributed by atoms with E-state index in [-0.39, 0.29) is 0 Å². The Labute approximate surface area is 67.2 Å². The number of halogens is 1. The highest BCUT2D eigenvalue weighted by atomic mass is 79.9. The zero-order valence-electron chi connectivity index (χ0n) is 6.87. The molecule has 1 unspecified atom stereocenters. The van der Waals surface area contributed by atoms with E-state index in [1.807, 2.05) is 0 Å². The average molecular weight is 193 g/mol. The van der Waals surface area contributed by atoms with E-state index in [1.165, 1.54) is 12.8 Å². The van der Waals surface area contributed by atoms with Gasteiger partial charge in [0.25, 0.3) is 0 Å². The molecule has 1 atom stereocenters. The van der Waals surface area contributed by atoms with Gasteiger partial charge in [0.15, 0.2) is 0 Å². The van der Waals surface area contributed by atoms with Gasteiger partial charge in [0, 0.05) is 4.83 Å². The molecule has 0 aliphatic rings. The summed E-state index contributed by atoms with van der Waals surface area (Å²) in [5.74, 6) is 0. The van der Waals surface area contributed by atoms with Crippen molar-refractivity contribution in [3.05, 3.63) is 0 Å². The molecule has 0 bridgehead atoms. The standard InChI is InChI=1S/C8H17Br/c1-7(9)5-6-8(2,3)4/h7H,5-6H2,1-4H3. The molecule has 56 valence electrons. The van der Waals surface area contributed by atoms with Gasteiger partial charge in [-0.15, -0.1) is 0 Å². The molecule has 0 heterocycles. The van der Waals surface area contributed by atoms with Crippen molar-refractivity contribution in [2.75, 3.05) is 0 Å². The first-order valence-corrected chi connectivity index (χ1v) is 4.47. The quantitative estimate of drug-likeness (QED) is 0.588. The molecule has 1 heteroatoms. The molecule has 0 saturated heterocycles. The molecular formula is C8H17Br. The van der Waals surface area contributed by atoms with Crippen LogP contribution in [0.2, 0.25) is 0 Å². The third kappa shape index (κ3) is 8.48. The number of rotatable bonds is 2. The van der Waals surface area contributed by atoms with Crippen molar-refractivity contribution in [2.24, 2.45) is 5.41 Å². The first kappa shape index (κ1) is 9.48. The second kappa shape index (κ2) is 3.60. The molecule has 0 spiro atoms. The fraction of sp³-hybridized carbons (Fsp3) is 1.00. The molecule has 0 rings (SSSR count). The van der Waals surface area contributed by atoms with E-state index in [0.717, 1.165) is 0 Å². The van der Waals surface area contributed by atoms with Gasteiger partial charge in [-0.05, 0) is 18.3 Å². The summed E-state index contributed by atoms with van der Waals surface area (Å²) in [7, 11) is 0. The molecule has 0 aromatic rings. The lowest BCUT2D eigenvalue weighted by atomic mass is 9.90. The van der Waals surface area contributed by atoms with Gasteiger partial charge in [0.1, 0.15) is 0 Å². The van der Waals surface area contributed by atoms with Crippen molar-refractivity contribution in [1.29, 1.82) is 0 Å². The summed E-state index contributed by atoms with van der Waals surface area (Å²) in [6, 6.07) is 0. The Morgan fingerprint density at radius 1 is 1.33 bits per heavy atom. The minimum Gasteiger partial charge on any atom is -0.0894 e. The summed E-state index contributed by atoms with van der Waals surface area (Å²) in [6.07, 6.45) is 2.59. The lowest BCUT2D eigenvalue weighted by Gasteiger charge is -2.18. The smallest absolute Gasteiger partial charge is 0.0117 e. The van der Waals surface area contributed by atoms with Crippen molar-refractivity contribution in [3.63, 3.8) is 0 Å². The average Bonchev–Trinajstić information content (AvgIpc) is 1.59. The van der Waals surface area contributed by atoms with Crippen LogP contribution >= 0.6 is 15.9 Å². The first-order valence-electron chi connectivity index (χ1n) is 3.56. The molecule has 0 aromatic carbocycles. The maximum absolute atomic E-state index is 3.53. The Kier molecular flexibility index (Phi) is 3.79. The molecule has 0 aliphatic heterocycles. The van der Waals surface area contributed by atoms with Crippen LogP contribution in [-0.2, 0) is 0 Å². The summed E-state index contributed by atoms with van der Waals surface area (Å²) < 4.78 is 0. The number of alkyl halides is 1. The van der Waals surface area contributed by atoms with Crippen molar-refractivity contribution < 1.29 is 0 Å². The number of hydrogen-bond acceptors (Lipinski definition) is 0. The SMILES string of the molecule is CC(Br)CCC(C)(C)C. The topological polar surface area (TPSA) is 0 Å². The van der Waals surface area contributed by atoms with Gasteiger partial charge in [-0.1, -0.05) is 43.6 Å². The molecule has 9 heavy (non-hydrogen) atoms. The third-order valence-corrected chi connectivity index (χ3v) is 1.75. The molecule has 0 amide bonds. The van der Waals surface area contributed by atoms with Gasteiger partial charge in [-0.2, -0.15) is 0 Å². The van der Waals surface area contributed by atoms with Crippen molar-refractivity contribution in [3.8, 4) is 0 Å². The molecule has 0 nitrogen and oxygen atoms in total. The largest absolute Gasteiger partial charge is 0.0894 e. The van der Waals surface area contributed by atoms with Crippen LogP contribution < -0.4 is 0 Å². The van der Waals surface area contributed by atoms with Crippen molar-refractivity contribution in [2.45, 2.75) is 45.4 Å². The van der Waals surface area contributed by atoms with E-state index in [4.69, 9.17) is 0 Å². The lowest BCUT2D eigenvalue weighted by Crippen LogP contribution is -2.06. The number of hydrogen-bond donors (Lipinski definition) is 0. The van der Waals surface area contributed by atoms with Gasteiger partial charge in [0.05, 0.1) is 0 Å². The highest BCUT2D eigenvalue weighted by Crippen LogP contribution is 2.23. The Balaban J connectivity index is 3.28. The Morgan fingerprint density at radius 2 is 1.78 bits per heavy atom. The summed E-state index contributed by atoms with van der Waals surface area (Å²) in [5, 5.41) is 0. The second-order valence-corrected chi connectivity index (χ2v) is 5.44. The summed E-state index contributed by atoms with van der Waals surface area (Å²) in [6.45, 7) is 9.04. The lowest BCUT2D eigenvalue weighted by molar-refractivity contribution is 0.366. The van der Waals surface area contributed by atoms with E-state index in [2.05, 4.69) is 43.6 Å². The van der Waals surface area contributed by atoms with Gasteiger partial charge in [0.2, 0.25) is 0 Å². The van der Waals surface area contributed by atoms with E-state index in [0.29, 0.717) is 10.2 Å². The molecule has 0 radical (unpaired) electrons. The van der Waals surface area contributed by atoms with Gasteiger partial charge in [-0.3, -0.25) is 0 Å². The Morgan fingerprint density at radius 3 is 1.89 bits per heavy atom. The minimum atomic E-state index is 0.502. The molecule has 0 N–H and O–H groups in total. The van der Waals surface area contributed by atoms with Gasteiger partial charge in [-0.25, -0.2) is 0 Å². The molecule has 0 aliphatic carbocycles. The van der Waals surface area contributed by atoms with Crippen LogP contribution in [0.15, 0.2) is 0 Å². The van der Waals surface area contributed by atoms with Crippen molar-refractivity contribution >= 4 is 15.9 Å². The van der Waals surface area contributed by atoms with Crippen LogP contribution in [0.3, 0.4) is 0 Å². The highest BCUT2D eigenvalue weighted by molar-refractivity contribution is 9.09. The van der Waals surface area contributed by atoms with Gasteiger partial charge < -0.3 is 0 Å². The van der Waals surface area contributed by atoms with Crippen LogP contribution in [0.4, 0.5) is 0 Å². The molecule has 0 saturated carbocycles. The van der Waals surface area contributed by atoms with E-state index in [9.17, 15) is 0 Å². The van der Waals surface area contributed by atoms with Gasteiger partial charge >= 0.3 is 0 Å². The Hall–Kier alpha value is 0.480. The molecular weight excluding hydrogens is 176 g/mol. The van der Waals surface area contributed by atoms with E-state index >= 15 is 0 Å². The maximum Gasteiger partial charge on any atom is 0.0117 e. The summed E-state index contributed by atoms with van der Waals surface area (Å²) in [4.78, 5) is 0.678. The van der Waals surface area contributed by atoms with Crippen LogP contribution in [0.1, 0.15) is 40.5 Å². The normalized spacial score (nSPS) is 15.7. The molecule has 0 aromatic heterocycles. The Bertz CT molecular complexity index is 69.1. The van der Waals surface area contributed by atoms with E-state index < -0.39 is 0 Å². The third-order valence-electron chi connectivity index (χ3n) is 1.29. The maximum atomic E-state index is 3.53. The van der Waals surface area contributed by atoms with E-state index in [1.54, 1.807) is 0 Å². The van der Waals surface area contributed by atoms with Crippen LogP contribution in [0.25, 0.3) is 0 Å². The second-order valence-electron chi connectivity index (χ2n) is 3.88. The zero-order chi connectivity index (χ0) is 7.49. The predicted octanol–water partition coefficient (Wildman–Crippen LogP) is 3.60.